The van der Waals surface area contributed by atoms with Gasteiger partial charge in [0.1, 0.15) is 11.8 Å². The fourth-order valence-corrected chi connectivity index (χ4v) is 2.30. The summed E-state index contributed by atoms with van der Waals surface area (Å²) in [6, 6.07) is 9.78. The zero-order chi connectivity index (χ0) is 15.5. The van der Waals surface area contributed by atoms with Crippen LogP contribution in [0.1, 0.15) is 17.0 Å². The van der Waals surface area contributed by atoms with Crippen molar-refractivity contribution in [3.63, 3.8) is 0 Å². The lowest BCUT2D eigenvalue weighted by molar-refractivity contribution is 0.597. The molecule has 1 aromatic carbocycles. The first-order valence-electron chi connectivity index (χ1n) is 6.00. The summed E-state index contributed by atoms with van der Waals surface area (Å²) in [5.74, 6) is 0.313. The van der Waals surface area contributed by atoms with Gasteiger partial charge in [-0.1, -0.05) is 12.1 Å². The highest BCUT2D eigenvalue weighted by Gasteiger charge is 2.08. The van der Waals surface area contributed by atoms with Gasteiger partial charge in [-0.15, -0.1) is 0 Å². The van der Waals surface area contributed by atoms with Crippen LogP contribution in [-0.4, -0.2) is 18.4 Å². The second-order valence-corrected chi connectivity index (χ2v) is 5.94. The van der Waals surface area contributed by atoms with Crippen LogP contribution in [0.15, 0.2) is 35.2 Å². The van der Waals surface area contributed by atoms with Crippen LogP contribution >= 0.6 is 0 Å². The molecule has 0 saturated carbocycles. The first-order chi connectivity index (χ1) is 9.88. The van der Waals surface area contributed by atoms with Gasteiger partial charge in [-0.3, -0.25) is 0 Å². The molecule has 0 aliphatic heterocycles. The summed E-state index contributed by atoms with van der Waals surface area (Å²) in [4.78, 5) is 8.21. The Morgan fingerprint density at radius 2 is 2.10 bits per heavy atom. The molecule has 108 valence electrons. The summed E-state index contributed by atoms with van der Waals surface area (Å²) in [7, 11) is -3.73. The number of aryl methyl sites for hydroxylation is 1. The predicted octanol–water partition coefficient (Wildman–Crippen LogP) is 0.916. The number of anilines is 1. The van der Waals surface area contributed by atoms with Crippen LogP contribution < -0.4 is 10.5 Å². The maximum absolute atomic E-state index is 11.3. The number of nitrogens with zero attached hydrogens (tertiary/aromatic N) is 3. The fourth-order valence-electron chi connectivity index (χ4n) is 1.72. The number of aromatic nitrogens is 2. The van der Waals surface area contributed by atoms with E-state index in [-0.39, 0.29) is 10.6 Å². The highest BCUT2D eigenvalue weighted by Crippen LogP contribution is 2.11. The van der Waals surface area contributed by atoms with Crippen molar-refractivity contribution >= 4 is 16.0 Å². The molecule has 2 aromatic rings. The third-order valence-corrected chi connectivity index (χ3v) is 3.56. The van der Waals surface area contributed by atoms with E-state index in [0.717, 1.165) is 0 Å². The number of nitrogens with one attached hydrogen (secondary N) is 1. The maximum atomic E-state index is 11.3. The zero-order valence-corrected chi connectivity index (χ0v) is 12.1. The van der Waals surface area contributed by atoms with E-state index in [1.165, 1.54) is 12.1 Å². The van der Waals surface area contributed by atoms with Crippen LogP contribution in [-0.2, 0) is 16.6 Å². The van der Waals surface area contributed by atoms with E-state index < -0.39 is 10.0 Å². The number of hydrogen-bond donors (Lipinski definition) is 2. The van der Waals surface area contributed by atoms with Crippen molar-refractivity contribution < 1.29 is 8.42 Å². The van der Waals surface area contributed by atoms with Crippen LogP contribution in [0.2, 0.25) is 0 Å². The summed E-state index contributed by atoms with van der Waals surface area (Å²) >= 11 is 0. The van der Waals surface area contributed by atoms with Crippen molar-refractivity contribution in [1.29, 1.82) is 5.26 Å². The fraction of sp³-hybridized carbons (Fsp3) is 0.154. The minimum absolute atomic E-state index is 0.0460. The highest BCUT2D eigenvalue weighted by atomic mass is 32.2. The molecule has 8 heteroatoms. The summed E-state index contributed by atoms with van der Waals surface area (Å²) in [5, 5.41) is 16.9. The van der Waals surface area contributed by atoms with Crippen molar-refractivity contribution in [2.45, 2.75) is 18.4 Å². The third-order valence-electron chi connectivity index (χ3n) is 2.65. The van der Waals surface area contributed by atoms with Gasteiger partial charge in [-0.05, 0) is 30.7 Å². The molecule has 3 N–H and O–H groups in total. The summed E-state index contributed by atoms with van der Waals surface area (Å²) in [6.07, 6.45) is 0. The minimum Gasteiger partial charge on any atom is -0.350 e. The van der Waals surface area contributed by atoms with Gasteiger partial charge in [0.2, 0.25) is 16.0 Å². The lowest BCUT2D eigenvalue weighted by atomic mass is 10.2. The molecule has 0 radical (unpaired) electrons. The minimum atomic E-state index is -3.73. The van der Waals surface area contributed by atoms with Gasteiger partial charge in [0.05, 0.1) is 4.90 Å². The number of hydrogen-bond acceptors (Lipinski definition) is 6. The quantitative estimate of drug-likeness (QED) is 0.866. The van der Waals surface area contributed by atoms with Crippen molar-refractivity contribution in [3.05, 3.63) is 47.3 Å². The molecule has 1 aromatic heterocycles. The first kappa shape index (κ1) is 14.9. The monoisotopic (exact) mass is 303 g/mol. The largest absolute Gasteiger partial charge is 0.350 e. The Morgan fingerprint density at radius 3 is 2.76 bits per heavy atom. The van der Waals surface area contributed by atoms with E-state index in [2.05, 4.69) is 15.3 Å². The van der Waals surface area contributed by atoms with Crippen molar-refractivity contribution in [2.24, 2.45) is 5.14 Å². The average molecular weight is 303 g/mol. The van der Waals surface area contributed by atoms with Crippen LogP contribution in [0.25, 0.3) is 0 Å². The van der Waals surface area contributed by atoms with Gasteiger partial charge in [-0.25, -0.2) is 23.5 Å². The van der Waals surface area contributed by atoms with Crippen LogP contribution in [0.4, 0.5) is 5.95 Å². The van der Waals surface area contributed by atoms with Crippen LogP contribution in [0.5, 0.6) is 0 Å². The smallest absolute Gasteiger partial charge is 0.238 e. The number of sulfonamides is 1. The molecule has 0 fully saturated rings. The summed E-state index contributed by atoms with van der Waals surface area (Å²) < 4.78 is 22.6. The van der Waals surface area contributed by atoms with E-state index in [0.29, 0.717) is 23.8 Å². The molecule has 7 nitrogen and oxygen atoms in total. The SMILES string of the molecule is Cc1cc(C#N)nc(NCc2cccc(S(N)(=O)=O)c2)n1. The topological polar surface area (TPSA) is 122 Å². The number of rotatable bonds is 4. The lowest BCUT2D eigenvalue weighted by Gasteiger charge is -2.07. The molecule has 1 heterocycles. The Labute approximate surface area is 122 Å². The Bertz CT molecular complexity index is 812. The van der Waals surface area contributed by atoms with Crippen molar-refractivity contribution in [2.75, 3.05) is 5.32 Å². The Kier molecular flexibility index (Phi) is 4.16. The molecule has 0 aliphatic rings. The molecule has 0 spiro atoms. The molecular weight excluding hydrogens is 290 g/mol. The van der Waals surface area contributed by atoms with E-state index >= 15 is 0 Å². The predicted molar refractivity (Wildman–Crippen MR) is 76.6 cm³/mol. The zero-order valence-electron chi connectivity index (χ0n) is 11.2. The number of benzene rings is 1. The molecule has 2 rings (SSSR count). The van der Waals surface area contributed by atoms with Gasteiger partial charge < -0.3 is 5.32 Å². The van der Waals surface area contributed by atoms with Crippen molar-refractivity contribution in [1.82, 2.24) is 9.97 Å². The summed E-state index contributed by atoms with van der Waals surface area (Å²) in [5.41, 5.74) is 1.65. The van der Waals surface area contributed by atoms with Crippen LogP contribution in [0, 0.1) is 18.3 Å². The van der Waals surface area contributed by atoms with Gasteiger partial charge in [-0.2, -0.15) is 5.26 Å². The van der Waals surface area contributed by atoms with E-state index in [1.54, 1.807) is 25.1 Å². The van der Waals surface area contributed by atoms with Crippen LogP contribution in [0.3, 0.4) is 0 Å². The van der Waals surface area contributed by atoms with E-state index in [1.807, 2.05) is 6.07 Å². The first-order valence-corrected chi connectivity index (χ1v) is 7.54. The molecule has 0 aliphatic carbocycles. The number of primary sulfonamides is 1. The molecule has 0 amide bonds. The van der Waals surface area contributed by atoms with Crippen molar-refractivity contribution in [3.8, 4) is 6.07 Å². The Hall–Kier alpha value is -2.50. The van der Waals surface area contributed by atoms with E-state index in [4.69, 9.17) is 10.4 Å². The second-order valence-electron chi connectivity index (χ2n) is 4.38. The maximum Gasteiger partial charge on any atom is 0.238 e. The Balaban J connectivity index is 2.17. The van der Waals surface area contributed by atoms with Gasteiger partial charge in [0.25, 0.3) is 0 Å². The molecule has 0 bridgehead atoms. The molecule has 21 heavy (non-hydrogen) atoms. The number of nitriles is 1. The van der Waals surface area contributed by atoms with E-state index in [9.17, 15) is 8.42 Å². The number of nitrogens with two attached hydrogens (primary N) is 1. The lowest BCUT2D eigenvalue weighted by Crippen LogP contribution is -2.13. The average Bonchev–Trinajstić information content (AvgIpc) is 2.44. The molecule has 0 atom stereocenters. The standard InChI is InChI=1S/C13H13N5O2S/c1-9-5-11(7-14)18-13(17-9)16-8-10-3-2-4-12(6-10)21(15,19)20/h2-6H,8H2,1H3,(H2,15,19,20)(H,16,17,18). The van der Waals surface area contributed by atoms with Gasteiger partial charge >= 0.3 is 0 Å². The highest BCUT2D eigenvalue weighted by molar-refractivity contribution is 7.89. The second kappa shape index (κ2) is 5.87. The Morgan fingerprint density at radius 1 is 1.33 bits per heavy atom. The summed E-state index contributed by atoms with van der Waals surface area (Å²) in [6.45, 7) is 2.08. The molecule has 0 saturated heterocycles. The normalized spacial score (nSPS) is 10.9. The molecule has 0 unspecified atom stereocenters. The molecular formula is C13H13N5O2S. The third kappa shape index (κ3) is 3.98. The van der Waals surface area contributed by atoms with Gasteiger partial charge in [0.15, 0.2) is 0 Å². The van der Waals surface area contributed by atoms with Gasteiger partial charge in [0, 0.05) is 12.2 Å².